The molecule has 0 aliphatic carbocycles. The van der Waals surface area contributed by atoms with Gasteiger partial charge in [0.05, 0.1) is 12.2 Å². The minimum atomic E-state index is -0.931. The van der Waals surface area contributed by atoms with E-state index < -0.39 is 17.2 Å². The SMILES string of the molecule is CCC(O)(CN)CCCOc1ccc(F)c(F)c1. The smallest absolute Gasteiger partial charge is 0.162 e. The van der Waals surface area contributed by atoms with Crippen LogP contribution in [0.1, 0.15) is 26.2 Å². The number of benzene rings is 1. The van der Waals surface area contributed by atoms with Gasteiger partial charge in [-0.25, -0.2) is 8.78 Å². The molecule has 1 atom stereocenters. The Labute approximate surface area is 106 Å². The quantitative estimate of drug-likeness (QED) is 0.738. The van der Waals surface area contributed by atoms with Crippen LogP contribution in [0, 0.1) is 11.6 Å². The lowest BCUT2D eigenvalue weighted by Gasteiger charge is -2.24. The molecule has 1 rings (SSSR count). The molecule has 0 saturated heterocycles. The molecule has 0 aliphatic rings. The zero-order valence-electron chi connectivity index (χ0n) is 10.5. The first-order valence-corrected chi connectivity index (χ1v) is 6.01. The van der Waals surface area contributed by atoms with E-state index >= 15 is 0 Å². The molecule has 5 heteroatoms. The van der Waals surface area contributed by atoms with Crippen molar-refractivity contribution in [3.8, 4) is 5.75 Å². The van der Waals surface area contributed by atoms with Crippen molar-refractivity contribution < 1.29 is 18.6 Å². The highest BCUT2D eigenvalue weighted by Gasteiger charge is 2.21. The van der Waals surface area contributed by atoms with Gasteiger partial charge in [0.2, 0.25) is 0 Å². The van der Waals surface area contributed by atoms with E-state index in [4.69, 9.17) is 10.5 Å². The van der Waals surface area contributed by atoms with Crippen LogP contribution >= 0.6 is 0 Å². The summed E-state index contributed by atoms with van der Waals surface area (Å²) in [5, 5.41) is 9.92. The molecular weight excluding hydrogens is 240 g/mol. The molecular formula is C13H19F2NO2. The number of ether oxygens (including phenoxy) is 1. The molecule has 3 N–H and O–H groups in total. The molecule has 0 spiro atoms. The van der Waals surface area contributed by atoms with Gasteiger partial charge < -0.3 is 15.6 Å². The van der Waals surface area contributed by atoms with E-state index in [1.54, 1.807) is 0 Å². The largest absolute Gasteiger partial charge is 0.493 e. The molecule has 0 aromatic heterocycles. The summed E-state index contributed by atoms with van der Waals surface area (Å²) in [5.41, 5.74) is 4.60. The molecule has 3 nitrogen and oxygen atoms in total. The Bertz CT molecular complexity index is 381. The van der Waals surface area contributed by atoms with Gasteiger partial charge in [-0.2, -0.15) is 0 Å². The molecule has 0 amide bonds. The maximum Gasteiger partial charge on any atom is 0.162 e. The standard InChI is InChI=1S/C13H19F2NO2/c1-2-13(17,9-16)6-3-7-18-10-4-5-11(14)12(15)8-10/h4-5,8,17H,2-3,6-7,9,16H2,1H3. The highest BCUT2D eigenvalue weighted by atomic mass is 19.2. The summed E-state index contributed by atoms with van der Waals surface area (Å²) in [6, 6.07) is 3.39. The van der Waals surface area contributed by atoms with Crippen LogP contribution in [0.5, 0.6) is 5.75 Å². The third-order valence-corrected chi connectivity index (χ3v) is 2.98. The summed E-state index contributed by atoms with van der Waals surface area (Å²) < 4.78 is 30.8. The summed E-state index contributed by atoms with van der Waals surface area (Å²) in [7, 11) is 0. The van der Waals surface area contributed by atoms with Crippen LogP contribution in [0.15, 0.2) is 18.2 Å². The number of nitrogens with two attached hydrogens (primary N) is 1. The lowest BCUT2D eigenvalue weighted by Crippen LogP contribution is -2.37. The second kappa shape index (κ2) is 6.66. The highest BCUT2D eigenvalue weighted by Crippen LogP contribution is 2.18. The first-order chi connectivity index (χ1) is 8.50. The van der Waals surface area contributed by atoms with Crippen LogP contribution in [0.4, 0.5) is 8.78 Å². The summed E-state index contributed by atoms with van der Waals surface area (Å²) in [4.78, 5) is 0. The van der Waals surface area contributed by atoms with Crippen molar-refractivity contribution >= 4 is 0 Å². The Morgan fingerprint density at radius 2 is 2.06 bits per heavy atom. The van der Waals surface area contributed by atoms with E-state index in [-0.39, 0.29) is 12.3 Å². The number of rotatable bonds is 7. The summed E-state index contributed by atoms with van der Waals surface area (Å²) in [5.74, 6) is -1.55. The van der Waals surface area contributed by atoms with Gasteiger partial charge in [-0.15, -0.1) is 0 Å². The molecule has 0 saturated carbocycles. The number of hydrogen-bond acceptors (Lipinski definition) is 3. The monoisotopic (exact) mass is 259 g/mol. The van der Waals surface area contributed by atoms with Crippen molar-refractivity contribution in [3.05, 3.63) is 29.8 Å². The van der Waals surface area contributed by atoms with Gasteiger partial charge in [0, 0.05) is 12.6 Å². The van der Waals surface area contributed by atoms with Crippen LogP contribution in [-0.4, -0.2) is 23.9 Å². The fourth-order valence-corrected chi connectivity index (χ4v) is 1.58. The first kappa shape index (κ1) is 14.9. The average Bonchev–Trinajstić information content (AvgIpc) is 2.38. The summed E-state index contributed by atoms with van der Waals surface area (Å²) in [6.45, 7) is 2.39. The average molecular weight is 259 g/mol. The maximum absolute atomic E-state index is 12.9. The molecule has 102 valence electrons. The fourth-order valence-electron chi connectivity index (χ4n) is 1.58. The predicted molar refractivity (Wildman–Crippen MR) is 65.4 cm³/mol. The van der Waals surface area contributed by atoms with Gasteiger partial charge in [0.15, 0.2) is 11.6 Å². The number of halogens is 2. The van der Waals surface area contributed by atoms with Gasteiger partial charge >= 0.3 is 0 Å². The van der Waals surface area contributed by atoms with E-state index in [9.17, 15) is 13.9 Å². The van der Waals surface area contributed by atoms with Crippen LogP contribution in [-0.2, 0) is 0 Å². The van der Waals surface area contributed by atoms with Gasteiger partial charge in [-0.05, 0) is 31.4 Å². The van der Waals surface area contributed by atoms with Gasteiger partial charge in [-0.3, -0.25) is 0 Å². The van der Waals surface area contributed by atoms with E-state index in [2.05, 4.69) is 0 Å². The second-order valence-corrected chi connectivity index (χ2v) is 4.31. The second-order valence-electron chi connectivity index (χ2n) is 4.31. The summed E-state index contributed by atoms with van der Waals surface area (Å²) in [6.07, 6.45) is 1.69. The summed E-state index contributed by atoms with van der Waals surface area (Å²) >= 11 is 0. The molecule has 0 fully saturated rings. The maximum atomic E-state index is 12.9. The number of hydrogen-bond donors (Lipinski definition) is 2. The normalized spacial score (nSPS) is 14.3. The van der Waals surface area contributed by atoms with Crippen LogP contribution in [0.3, 0.4) is 0 Å². The molecule has 0 bridgehead atoms. The molecule has 18 heavy (non-hydrogen) atoms. The zero-order chi connectivity index (χ0) is 13.6. The third kappa shape index (κ3) is 4.23. The molecule has 1 aromatic carbocycles. The van der Waals surface area contributed by atoms with Crippen molar-refractivity contribution in [3.63, 3.8) is 0 Å². The van der Waals surface area contributed by atoms with E-state index in [0.29, 0.717) is 25.9 Å². The van der Waals surface area contributed by atoms with Crippen LogP contribution in [0.2, 0.25) is 0 Å². The first-order valence-electron chi connectivity index (χ1n) is 6.01. The van der Waals surface area contributed by atoms with Crippen molar-refractivity contribution in [2.24, 2.45) is 5.73 Å². The molecule has 1 aromatic rings. The molecule has 1 unspecified atom stereocenters. The zero-order valence-corrected chi connectivity index (χ0v) is 10.5. The highest BCUT2D eigenvalue weighted by molar-refractivity contribution is 5.23. The Kier molecular flexibility index (Phi) is 5.50. The van der Waals surface area contributed by atoms with Gasteiger partial charge in [-0.1, -0.05) is 6.92 Å². The van der Waals surface area contributed by atoms with Crippen molar-refractivity contribution in [1.29, 1.82) is 0 Å². The topological polar surface area (TPSA) is 55.5 Å². The van der Waals surface area contributed by atoms with Gasteiger partial charge in [0.1, 0.15) is 5.75 Å². The lowest BCUT2D eigenvalue weighted by atomic mass is 9.95. The minimum absolute atomic E-state index is 0.203. The Morgan fingerprint density at radius 3 is 2.61 bits per heavy atom. The minimum Gasteiger partial charge on any atom is -0.493 e. The van der Waals surface area contributed by atoms with Crippen LogP contribution < -0.4 is 10.5 Å². The fraction of sp³-hybridized carbons (Fsp3) is 0.538. The van der Waals surface area contributed by atoms with Gasteiger partial charge in [0.25, 0.3) is 0 Å². The number of aliphatic hydroxyl groups is 1. The van der Waals surface area contributed by atoms with Crippen LogP contribution in [0.25, 0.3) is 0 Å². The van der Waals surface area contributed by atoms with Crippen molar-refractivity contribution in [2.75, 3.05) is 13.2 Å². The third-order valence-electron chi connectivity index (χ3n) is 2.98. The lowest BCUT2D eigenvalue weighted by molar-refractivity contribution is 0.0308. The van der Waals surface area contributed by atoms with Crippen molar-refractivity contribution in [2.45, 2.75) is 31.8 Å². The molecule has 0 heterocycles. The Balaban J connectivity index is 2.36. The Hall–Kier alpha value is -1.20. The van der Waals surface area contributed by atoms with E-state index in [1.807, 2.05) is 6.92 Å². The predicted octanol–water partition coefficient (Wildman–Crippen LogP) is 2.22. The van der Waals surface area contributed by atoms with E-state index in [0.717, 1.165) is 12.1 Å². The molecule has 0 radical (unpaired) electrons. The Morgan fingerprint density at radius 1 is 1.33 bits per heavy atom. The molecule has 0 aliphatic heterocycles. The van der Waals surface area contributed by atoms with E-state index in [1.165, 1.54) is 6.07 Å². The van der Waals surface area contributed by atoms with Crippen molar-refractivity contribution in [1.82, 2.24) is 0 Å².